The summed E-state index contributed by atoms with van der Waals surface area (Å²) in [4.78, 5) is 0. The first-order chi connectivity index (χ1) is 9.45. The number of hydrogen-bond acceptors (Lipinski definition) is 3. The Morgan fingerprint density at radius 3 is 2.75 bits per heavy atom. The van der Waals surface area contributed by atoms with E-state index in [1.165, 1.54) is 0 Å². The van der Waals surface area contributed by atoms with E-state index in [-0.39, 0.29) is 5.41 Å². The Bertz CT molecular complexity index is 533. The molecule has 0 radical (unpaired) electrons. The SMILES string of the molecule is COc1cc(NC2C3CCOC3C2(C)C)c(Br)cc1Br. The number of ether oxygens (including phenoxy) is 2. The molecule has 3 atom stereocenters. The second kappa shape index (κ2) is 5.18. The third kappa shape index (κ3) is 2.18. The quantitative estimate of drug-likeness (QED) is 0.807. The molecule has 3 unspecified atom stereocenters. The molecule has 1 N–H and O–H groups in total. The van der Waals surface area contributed by atoms with Gasteiger partial charge >= 0.3 is 0 Å². The molecular weight excluding hydrogens is 386 g/mol. The fourth-order valence-electron chi connectivity index (χ4n) is 3.58. The number of halogens is 2. The Hall–Kier alpha value is -0.260. The van der Waals surface area contributed by atoms with Crippen LogP contribution in [-0.4, -0.2) is 25.9 Å². The van der Waals surface area contributed by atoms with E-state index in [1.54, 1.807) is 7.11 Å². The minimum Gasteiger partial charge on any atom is -0.495 e. The summed E-state index contributed by atoms with van der Waals surface area (Å²) in [5, 5.41) is 3.68. The molecule has 2 aliphatic rings. The fourth-order valence-corrected chi connectivity index (χ4v) is 4.85. The Morgan fingerprint density at radius 2 is 2.05 bits per heavy atom. The summed E-state index contributed by atoms with van der Waals surface area (Å²) in [5.41, 5.74) is 1.24. The van der Waals surface area contributed by atoms with Crippen molar-refractivity contribution in [2.75, 3.05) is 19.0 Å². The van der Waals surface area contributed by atoms with Crippen LogP contribution in [0.1, 0.15) is 20.3 Å². The molecule has 0 aromatic heterocycles. The topological polar surface area (TPSA) is 30.5 Å². The normalized spacial score (nSPS) is 30.6. The average molecular weight is 405 g/mol. The van der Waals surface area contributed by atoms with E-state index >= 15 is 0 Å². The van der Waals surface area contributed by atoms with E-state index in [1.807, 2.05) is 12.1 Å². The van der Waals surface area contributed by atoms with Crippen molar-refractivity contribution in [3.63, 3.8) is 0 Å². The number of benzene rings is 1. The number of fused-ring (bicyclic) bond motifs is 1. The van der Waals surface area contributed by atoms with Crippen molar-refractivity contribution in [1.29, 1.82) is 0 Å². The van der Waals surface area contributed by atoms with Crippen LogP contribution in [0.25, 0.3) is 0 Å². The molecule has 1 heterocycles. The van der Waals surface area contributed by atoms with E-state index in [9.17, 15) is 0 Å². The summed E-state index contributed by atoms with van der Waals surface area (Å²) >= 11 is 7.13. The monoisotopic (exact) mass is 403 g/mol. The maximum absolute atomic E-state index is 5.85. The molecular formula is C15H19Br2NO2. The highest BCUT2D eigenvalue weighted by atomic mass is 79.9. The Labute approximate surface area is 136 Å². The molecule has 0 amide bonds. The standard InChI is InChI=1S/C15H19Br2NO2/c1-15(2)13(8-4-5-20-14(8)15)18-11-7-12(19-3)10(17)6-9(11)16/h6-8,13-14,18H,4-5H2,1-3H3. The number of nitrogens with one attached hydrogen (secondary N) is 1. The molecule has 1 saturated carbocycles. The lowest BCUT2D eigenvalue weighted by Crippen LogP contribution is -2.63. The Kier molecular flexibility index (Phi) is 3.80. The van der Waals surface area contributed by atoms with E-state index in [0.717, 1.165) is 33.4 Å². The zero-order chi connectivity index (χ0) is 14.5. The average Bonchev–Trinajstić information content (AvgIpc) is 2.84. The van der Waals surface area contributed by atoms with Gasteiger partial charge in [-0.05, 0) is 44.3 Å². The first kappa shape index (κ1) is 14.7. The second-order valence-corrected chi connectivity index (χ2v) is 7.86. The smallest absolute Gasteiger partial charge is 0.135 e. The van der Waals surface area contributed by atoms with Gasteiger partial charge in [0.05, 0.1) is 23.4 Å². The van der Waals surface area contributed by atoms with E-state index in [0.29, 0.717) is 18.1 Å². The zero-order valence-electron chi connectivity index (χ0n) is 11.9. The van der Waals surface area contributed by atoms with Gasteiger partial charge in [-0.3, -0.25) is 0 Å². The van der Waals surface area contributed by atoms with Gasteiger partial charge in [-0.15, -0.1) is 0 Å². The summed E-state index contributed by atoms with van der Waals surface area (Å²) in [7, 11) is 1.69. The predicted octanol–water partition coefficient (Wildman–Crippen LogP) is 4.45. The molecule has 5 heteroatoms. The van der Waals surface area contributed by atoms with Crippen molar-refractivity contribution in [3.05, 3.63) is 21.1 Å². The minimum atomic E-state index is 0.168. The van der Waals surface area contributed by atoms with Gasteiger partial charge in [0.25, 0.3) is 0 Å². The van der Waals surface area contributed by atoms with Gasteiger partial charge in [0.1, 0.15) is 5.75 Å². The molecule has 1 aliphatic carbocycles. The molecule has 2 fully saturated rings. The van der Waals surface area contributed by atoms with Gasteiger partial charge in [0.15, 0.2) is 0 Å². The summed E-state index contributed by atoms with van der Waals surface area (Å²) in [6, 6.07) is 4.50. The van der Waals surface area contributed by atoms with Crippen molar-refractivity contribution in [2.45, 2.75) is 32.4 Å². The molecule has 3 rings (SSSR count). The lowest BCUT2D eigenvalue weighted by atomic mass is 9.57. The number of rotatable bonds is 3. The van der Waals surface area contributed by atoms with Crippen LogP contribution < -0.4 is 10.1 Å². The first-order valence-corrected chi connectivity index (χ1v) is 8.45. The predicted molar refractivity (Wildman–Crippen MR) is 87.4 cm³/mol. The van der Waals surface area contributed by atoms with Crippen LogP contribution in [0.4, 0.5) is 5.69 Å². The Balaban J connectivity index is 1.85. The highest BCUT2D eigenvalue weighted by Gasteiger charge is 2.59. The van der Waals surface area contributed by atoms with E-state index < -0.39 is 0 Å². The Morgan fingerprint density at radius 1 is 1.30 bits per heavy atom. The van der Waals surface area contributed by atoms with Crippen molar-refractivity contribution >= 4 is 37.5 Å². The molecule has 1 aromatic carbocycles. The highest BCUT2D eigenvalue weighted by Crippen LogP contribution is 2.53. The molecule has 0 spiro atoms. The maximum Gasteiger partial charge on any atom is 0.135 e. The molecule has 0 bridgehead atoms. The summed E-state index contributed by atoms with van der Waals surface area (Å²) < 4.78 is 13.2. The molecule has 1 aliphatic heterocycles. The van der Waals surface area contributed by atoms with Crippen LogP contribution in [0.5, 0.6) is 5.75 Å². The van der Waals surface area contributed by atoms with Crippen LogP contribution in [0.15, 0.2) is 21.1 Å². The summed E-state index contributed by atoms with van der Waals surface area (Å²) in [5.74, 6) is 1.46. The van der Waals surface area contributed by atoms with Crippen LogP contribution in [-0.2, 0) is 4.74 Å². The van der Waals surface area contributed by atoms with Gasteiger partial charge in [-0.25, -0.2) is 0 Å². The van der Waals surface area contributed by atoms with Crippen LogP contribution >= 0.6 is 31.9 Å². The highest BCUT2D eigenvalue weighted by molar-refractivity contribution is 9.11. The van der Waals surface area contributed by atoms with Crippen molar-refractivity contribution in [1.82, 2.24) is 0 Å². The van der Waals surface area contributed by atoms with Crippen molar-refractivity contribution < 1.29 is 9.47 Å². The van der Waals surface area contributed by atoms with Crippen molar-refractivity contribution in [2.24, 2.45) is 11.3 Å². The third-order valence-electron chi connectivity index (χ3n) is 4.65. The zero-order valence-corrected chi connectivity index (χ0v) is 15.0. The van der Waals surface area contributed by atoms with Gasteiger partial charge < -0.3 is 14.8 Å². The molecule has 1 saturated heterocycles. The van der Waals surface area contributed by atoms with Crippen LogP contribution in [0.2, 0.25) is 0 Å². The van der Waals surface area contributed by atoms with Gasteiger partial charge in [0, 0.05) is 34.5 Å². The fraction of sp³-hybridized carbons (Fsp3) is 0.600. The third-order valence-corrected chi connectivity index (χ3v) is 5.93. The summed E-state index contributed by atoms with van der Waals surface area (Å²) in [6.07, 6.45) is 1.55. The molecule has 1 aromatic rings. The van der Waals surface area contributed by atoms with Crippen molar-refractivity contribution in [3.8, 4) is 5.75 Å². The number of anilines is 1. The van der Waals surface area contributed by atoms with Crippen LogP contribution in [0.3, 0.4) is 0 Å². The van der Waals surface area contributed by atoms with Gasteiger partial charge in [-0.1, -0.05) is 13.8 Å². The number of hydrogen-bond donors (Lipinski definition) is 1. The maximum atomic E-state index is 5.85. The molecule has 3 nitrogen and oxygen atoms in total. The molecule has 20 heavy (non-hydrogen) atoms. The lowest BCUT2D eigenvalue weighted by Gasteiger charge is -2.55. The number of methoxy groups -OCH3 is 1. The first-order valence-electron chi connectivity index (χ1n) is 6.86. The molecule has 110 valence electrons. The second-order valence-electron chi connectivity index (χ2n) is 6.15. The van der Waals surface area contributed by atoms with Crippen LogP contribution in [0, 0.1) is 11.3 Å². The lowest BCUT2D eigenvalue weighted by molar-refractivity contribution is -0.0923. The van der Waals surface area contributed by atoms with Gasteiger partial charge in [0.2, 0.25) is 0 Å². The van der Waals surface area contributed by atoms with E-state index in [2.05, 4.69) is 51.0 Å². The van der Waals surface area contributed by atoms with E-state index in [4.69, 9.17) is 9.47 Å². The van der Waals surface area contributed by atoms with Gasteiger partial charge in [-0.2, -0.15) is 0 Å². The summed E-state index contributed by atoms with van der Waals surface area (Å²) in [6.45, 7) is 5.45. The largest absolute Gasteiger partial charge is 0.495 e. The minimum absolute atomic E-state index is 0.168.